The van der Waals surface area contributed by atoms with Crippen molar-refractivity contribution in [2.45, 2.75) is 0 Å². The third-order valence-corrected chi connectivity index (χ3v) is 2.83. The minimum Gasteiger partial charge on any atom is -0.475 e. The Balaban J connectivity index is 2.15. The van der Waals surface area contributed by atoms with Gasteiger partial charge in [-0.1, -0.05) is 30.3 Å². The molecule has 4 heteroatoms. The van der Waals surface area contributed by atoms with E-state index in [4.69, 9.17) is 4.42 Å². The van der Waals surface area contributed by atoms with Gasteiger partial charge in [-0.2, -0.15) is 0 Å². The number of aromatic carboxylic acids is 1. The van der Waals surface area contributed by atoms with Gasteiger partial charge in [-0.25, -0.2) is 4.79 Å². The summed E-state index contributed by atoms with van der Waals surface area (Å²) in [7, 11) is 0. The van der Waals surface area contributed by atoms with Crippen molar-refractivity contribution in [1.82, 2.24) is 0 Å². The molecular weight excluding hydrogens is 242 g/mol. The lowest BCUT2D eigenvalue weighted by atomic mass is 10.2. The molecule has 0 aliphatic carbocycles. The Hall–Kier alpha value is -2.75. The van der Waals surface area contributed by atoms with E-state index in [-0.39, 0.29) is 5.76 Å². The maximum atomic E-state index is 11.2. The average molecular weight is 253 g/mol. The number of furan rings is 1. The van der Waals surface area contributed by atoms with E-state index < -0.39 is 5.97 Å². The van der Waals surface area contributed by atoms with Crippen molar-refractivity contribution in [3.8, 4) is 0 Å². The Bertz CT molecular complexity index is 731. The molecule has 0 spiro atoms. The monoisotopic (exact) mass is 253 g/mol. The Morgan fingerprint density at radius 1 is 1.00 bits per heavy atom. The fourth-order valence-electron chi connectivity index (χ4n) is 1.99. The van der Waals surface area contributed by atoms with Gasteiger partial charge in [0.25, 0.3) is 0 Å². The van der Waals surface area contributed by atoms with Gasteiger partial charge in [-0.05, 0) is 24.3 Å². The van der Waals surface area contributed by atoms with Gasteiger partial charge in [0.2, 0.25) is 5.76 Å². The number of para-hydroxylation sites is 2. The summed E-state index contributed by atoms with van der Waals surface area (Å²) in [5, 5.41) is 13.1. The molecule has 94 valence electrons. The summed E-state index contributed by atoms with van der Waals surface area (Å²) in [6.07, 6.45) is 0. The Labute approximate surface area is 109 Å². The van der Waals surface area contributed by atoms with Crippen molar-refractivity contribution in [3.05, 3.63) is 60.4 Å². The number of carboxylic acid groups (broad SMARTS) is 1. The van der Waals surface area contributed by atoms with Gasteiger partial charge in [-0.3, -0.25) is 0 Å². The number of rotatable bonds is 3. The maximum absolute atomic E-state index is 11.2. The van der Waals surface area contributed by atoms with Gasteiger partial charge in [-0.15, -0.1) is 0 Å². The van der Waals surface area contributed by atoms with E-state index in [1.54, 1.807) is 6.07 Å². The van der Waals surface area contributed by atoms with E-state index >= 15 is 0 Å². The normalized spacial score (nSPS) is 10.5. The number of anilines is 2. The van der Waals surface area contributed by atoms with Crippen LogP contribution in [0.2, 0.25) is 0 Å². The lowest BCUT2D eigenvalue weighted by Crippen LogP contribution is -1.99. The molecule has 0 saturated heterocycles. The minimum absolute atomic E-state index is 0.0787. The summed E-state index contributed by atoms with van der Waals surface area (Å²) in [4.78, 5) is 11.2. The number of carbonyl (C=O) groups is 1. The van der Waals surface area contributed by atoms with E-state index in [9.17, 15) is 9.90 Å². The van der Waals surface area contributed by atoms with Crippen LogP contribution in [0.1, 0.15) is 10.6 Å². The minimum atomic E-state index is -1.09. The molecule has 0 amide bonds. The predicted molar refractivity (Wildman–Crippen MR) is 72.9 cm³/mol. The molecule has 1 aromatic heterocycles. The van der Waals surface area contributed by atoms with Gasteiger partial charge in [0.1, 0.15) is 11.3 Å². The van der Waals surface area contributed by atoms with Crippen LogP contribution in [0.3, 0.4) is 0 Å². The number of benzene rings is 2. The second kappa shape index (κ2) is 4.49. The molecule has 0 aliphatic rings. The summed E-state index contributed by atoms with van der Waals surface area (Å²) in [6.45, 7) is 0. The zero-order valence-electron chi connectivity index (χ0n) is 9.96. The van der Waals surface area contributed by atoms with Gasteiger partial charge < -0.3 is 14.8 Å². The van der Waals surface area contributed by atoms with Crippen LogP contribution in [0.25, 0.3) is 11.0 Å². The van der Waals surface area contributed by atoms with Crippen molar-refractivity contribution in [3.63, 3.8) is 0 Å². The summed E-state index contributed by atoms with van der Waals surface area (Å²) >= 11 is 0. The van der Waals surface area contributed by atoms with Crippen LogP contribution in [0.4, 0.5) is 11.4 Å². The summed E-state index contributed by atoms with van der Waals surface area (Å²) in [6, 6.07) is 16.6. The summed E-state index contributed by atoms with van der Waals surface area (Å²) in [5.74, 6) is -1.17. The molecule has 2 N–H and O–H groups in total. The maximum Gasteiger partial charge on any atom is 0.374 e. The molecule has 0 atom stereocenters. The highest BCUT2D eigenvalue weighted by Crippen LogP contribution is 2.33. The van der Waals surface area contributed by atoms with Crippen LogP contribution < -0.4 is 5.32 Å². The third-order valence-electron chi connectivity index (χ3n) is 2.83. The van der Waals surface area contributed by atoms with Crippen LogP contribution >= 0.6 is 0 Å². The fraction of sp³-hybridized carbons (Fsp3) is 0. The van der Waals surface area contributed by atoms with Gasteiger partial charge in [0.15, 0.2) is 0 Å². The SMILES string of the molecule is O=C(O)c1oc2ccccc2c1Nc1ccccc1. The second-order valence-corrected chi connectivity index (χ2v) is 4.10. The van der Waals surface area contributed by atoms with Crippen LogP contribution in [-0.4, -0.2) is 11.1 Å². The van der Waals surface area contributed by atoms with Crippen molar-refractivity contribution in [2.24, 2.45) is 0 Å². The van der Waals surface area contributed by atoms with Crippen LogP contribution in [0.5, 0.6) is 0 Å². The molecule has 0 bridgehead atoms. The Morgan fingerprint density at radius 3 is 2.42 bits per heavy atom. The molecule has 4 nitrogen and oxygen atoms in total. The number of nitrogens with one attached hydrogen (secondary N) is 1. The van der Waals surface area contributed by atoms with E-state index in [2.05, 4.69) is 5.32 Å². The Morgan fingerprint density at radius 2 is 1.68 bits per heavy atom. The smallest absolute Gasteiger partial charge is 0.374 e. The molecule has 1 heterocycles. The summed E-state index contributed by atoms with van der Waals surface area (Å²) in [5.41, 5.74) is 1.85. The first kappa shape index (κ1) is 11.3. The van der Waals surface area contributed by atoms with Gasteiger partial charge in [0, 0.05) is 11.1 Å². The highest BCUT2D eigenvalue weighted by Gasteiger charge is 2.19. The average Bonchev–Trinajstić information content (AvgIpc) is 2.79. The number of hydrogen-bond donors (Lipinski definition) is 2. The van der Waals surface area contributed by atoms with E-state index in [1.165, 1.54) is 0 Å². The van der Waals surface area contributed by atoms with E-state index in [0.717, 1.165) is 11.1 Å². The first-order valence-electron chi connectivity index (χ1n) is 5.82. The quantitative estimate of drug-likeness (QED) is 0.743. The van der Waals surface area contributed by atoms with Crippen LogP contribution in [0, 0.1) is 0 Å². The van der Waals surface area contributed by atoms with Crippen LogP contribution in [-0.2, 0) is 0 Å². The van der Waals surface area contributed by atoms with E-state index in [0.29, 0.717) is 11.3 Å². The largest absolute Gasteiger partial charge is 0.475 e. The first-order valence-corrected chi connectivity index (χ1v) is 5.82. The molecule has 0 aliphatic heterocycles. The molecule has 0 fully saturated rings. The highest BCUT2D eigenvalue weighted by atomic mass is 16.4. The van der Waals surface area contributed by atoms with Gasteiger partial charge >= 0.3 is 5.97 Å². The molecule has 0 unspecified atom stereocenters. The molecule has 0 saturated carbocycles. The van der Waals surface area contributed by atoms with Crippen molar-refractivity contribution in [2.75, 3.05) is 5.32 Å². The first-order chi connectivity index (χ1) is 9.25. The molecular formula is C15H11NO3. The molecule has 0 radical (unpaired) electrons. The molecule has 19 heavy (non-hydrogen) atoms. The second-order valence-electron chi connectivity index (χ2n) is 4.10. The summed E-state index contributed by atoms with van der Waals surface area (Å²) < 4.78 is 5.37. The zero-order valence-corrected chi connectivity index (χ0v) is 9.96. The lowest BCUT2D eigenvalue weighted by Gasteiger charge is -2.04. The predicted octanol–water partition coefficient (Wildman–Crippen LogP) is 3.87. The number of carboxylic acids is 1. The molecule has 3 rings (SSSR count). The standard InChI is InChI=1S/C15H11NO3/c17-15(18)14-13(16-10-6-2-1-3-7-10)11-8-4-5-9-12(11)19-14/h1-9,16H,(H,17,18). The van der Waals surface area contributed by atoms with Crippen molar-refractivity contribution in [1.29, 1.82) is 0 Å². The van der Waals surface area contributed by atoms with Crippen molar-refractivity contribution >= 4 is 28.3 Å². The van der Waals surface area contributed by atoms with Crippen LogP contribution in [0.15, 0.2) is 59.0 Å². The van der Waals surface area contributed by atoms with E-state index in [1.807, 2.05) is 48.5 Å². The third kappa shape index (κ3) is 2.04. The van der Waals surface area contributed by atoms with Gasteiger partial charge in [0.05, 0.1) is 0 Å². The fourth-order valence-corrected chi connectivity index (χ4v) is 1.99. The molecule has 2 aromatic carbocycles. The highest BCUT2D eigenvalue weighted by molar-refractivity contribution is 6.04. The molecule has 3 aromatic rings. The Kier molecular flexibility index (Phi) is 2.68. The lowest BCUT2D eigenvalue weighted by molar-refractivity contribution is 0.0666. The zero-order chi connectivity index (χ0) is 13.2. The number of fused-ring (bicyclic) bond motifs is 1. The van der Waals surface area contributed by atoms with Crippen molar-refractivity contribution < 1.29 is 14.3 Å². The number of hydrogen-bond acceptors (Lipinski definition) is 3. The topological polar surface area (TPSA) is 62.5 Å².